The van der Waals surface area contributed by atoms with Crippen LogP contribution in [0, 0.1) is 6.92 Å². The summed E-state index contributed by atoms with van der Waals surface area (Å²) in [6, 6.07) is 9.32. The van der Waals surface area contributed by atoms with E-state index in [9.17, 15) is 9.59 Å². The molecule has 1 aromatic heterocycles. The van der Waals surface area contributed by atoms with Gasteiger partial charge in [0.25, 0.3) is 0 Å². The van der Waals surface area contributed by atoms with Crippen molar-refractivity contribution < 1.29 is 14.1 Å². The number of benzene rings is 1. The van der Waals surface area contributed by atoms with Gasteiger partial charge < -0.3 is 15.2 Å². The molecule has 0 saturated heterocycles. The van der Waals surface area contributed by atoms with Crippen LogP contribution >= 0.6 is 23.4 Å². The van der Waals surface area contributed by atoms with E-state index in [1.54, 1.807) is 13.0 Å². The summed E-state index contributed by atoms with van der Waals surface area (Å²) < 4.78 is 4.90. The summed E-state index contributed by atoms with van der Waals surface area (Å²) in [5.74, 6) is 0.993. The summed E-state index contributed by atoms with van der Waals surface area (Å²) in [5, 5.41) is 9.99. The zero-order valence-corrected chi connectivity index (χ0v) is 18.5. The van der Waals surface area contributed by atoms with Gasteiger partial charge in [0.05, 0.1) is 17.5 Å². The molecular weight excluding hydrogens is 412 g/mol. The van der Waals surface area contributed by atoms with E-state index < -0.39 is 0 Å². The molecule has 1 aromatic carbocycles. The maximum atomic E-state index is 12.3. The quantitative estimate of drug-likeness (QED) is 0.558. The summed E-state index contributed by atoms with van der Waals surface area (Å²) >= 11 is 7.62. The maximum Gasteiger partial charge on any atom is 0.235 e. The van der Waals surface area contributed by atoms with Crippen molar-refractivity contribution in [2.75, 3.05) is 36.5 Å². The molecule has 29 heavy (non-hydrogen) atoms. The number of amides is 2. The summed E-state index contributed by atoms with van der Waals surface area (Å²) in [6.07, 6.45) is 0. The number of carbonyl (C=O) groups excluding carboxylic acids is 2. The number of rotatable bonds is 11. The molecule has 0 spiro atoms. The lowest BCUT2D eigenvalue weighted by molar-refractivity contribution is -0.118. The van der Waals surface area contributed by atoms with E-state index in [0.717, 1.165) is 18.7 Å². The van der Waals surface area contributed by atoms with Gasteiger partial charge in [-0.25, -0.2) is 0 Å². The first-order valence-corrected chi connectivity index (χ1v) is 11.0. The van der Waals surface area contributed by atoms with Crippen LogP contribution in [0.3, 0.4) is 0 Å². The van der Waals surface area contributed by atoms with E-state index >= 15 is 0 Å². The van der Waals surface area contributed by atoms with Crippen LogP contribution in [0.5, 0.6) is 0 Å². The van der Waals surface area contributed by atoms with Gasteiger partial charge in [-0.2, -0.15) is 0 Å². The van der Waals surface area contributed by atoms with Crippen molar-refractivity contribution in [1.29, 1.82) is 0 Å². The molecule has 1 atom stereocenters. The van der Waals surface area contributed by atoms with Crippen molar-refractivity contribution in [3.8, 4) is 0 Å². The lowest BCUT2D eigenvalue weighted by Crippen LogP contribution is -2.38. The van der Waals surface area contributed by atoms with Crippen molar-refractivity contribution in [2.24, 2.45) is 0 Å². The SMILES string of the molecule is CCN(CC)C(CNC(=O)CSCC(=O)Nc1cc(C)on1)c1ccccc1Cl. The van der Waals surface area contributed by atoms with Crippen LogP contribution in [0.4, 0.5) is 5.82 Å². The van der Waals surface area contributed by atoms with Gasteiger partial charge in [0, 0.05) is 17.6 Å². The number of anilines is 1. The Morgan fingerprint density at radius 2 is 1.90 bits per heavy atom. The van der Waals surface area contributed by atoms with E-state index in [4.69, 9.17) is 16.1 Å². The Bertz CT molecular complexity index is 811. The number of nitrogens with zero attached hydrogens (tertiary/aromatic N) is 2. The summed E-state index contributed by atoms with van der Waals surface area (Å²) in [6.45, 7) is 8.06. The highest BCUT2D eigenvalue weighted by molar-refractivity contribution is 8.00. The first-order valence-electron chi connectivity index (χ1n) is 9.50. The van der Waals surface area contributed by atoms with E-state index in [1.165, 1.54) is 11.8 Å². The number of aryl methyl sites for hydroxylation is 1. The van der Waals surface area contributed by atoms with Crippen LogP contribution in [0.15, 0.2) is 34.9 Å². The number of thioether (sulfide) groups is 1. The van der Waals surface area contributed by atoms with E-state index in [2.05, 4.69) is 34.5 Å². The lowest BCUT2D eigenvalue weighted by atomic mass is 10.0. The molecule has 1 unspecified atom stereocenters. The molecule has 7 nitrogen and oxygen atoms in total. The van der Waals surface area contributed by atoms with Crippen LogP contribution < -0.4 is 10.6 Å². The molecule has 2 amide bonds. The smallest absolute Gasteiger partial charge is 0.235 e. The Hall–Kier alpha value is -2.03. The van der Waals surface area contributed by atoms with Crippen LogP contribution in [0.25, 0.3) is 0 Å². The third-order valence-corrected chi connectivity index (χ3v) is 5.65. The second kappa shape index (κ2) is 11.8. The zero-order chi connectivity index (χ0) is 21.2. The van der Waals surface area contributed by atoms with E-state index in [-0.39, 0.29) is 29.4 Å². The number of hydrogen-bond donors (Lipinski definition) is 2. The third-order valence-electron chi connectivity index (χ3n) is 4.37. The van der Waals surface area contributed by atoms with E-state index in [0.29, 0.717) is 23.1 Å². The standard InChI is InChI=1S/C20H27ClN4O3S/c1-4-25(5-2)17(15-8-6-7-9-16(15)21)11-22-19(26)12-29-13-20(27)23-18-10-14(3)28-24-18/h6-10,17H,4-5,11-13H2,1-3H3,(H,22,26)(H,23,24,27). The number of halogens is 1. The minimum absolute atomic E-state index is 0.00801. The first-order chi connectivity index (χ1) is 13.9. The van der Waals surface area contributed by atoms with Gasteiger partial charge in [0.2, 0.25) is 11.8 Å². The molecule has 0 fully saturated rings. The molecule has 0 aliphatic carbocycles. The van der Waals surface area contributed by atoms with Crippen LogP contribution in [0.1, 0.15) is 31.2 Å². The van der Waals surface area contributed by atoms with Crippen LogP contribution in [0.2, 0.25) is 5.02 Å². The molecule has 0 saturated carbocycles. The van der Waals surface area contributed by atoms with Gasteiger partial charge in [0.1, 0.15) is 5.76 Å². The van der Waals surface area contributed by atoms with Crippen molar-refractivity contribution in [3.05, 3.63) is 46.7 Å². The molecule has 1 heterocycles. The number of likely N-dealkylation sites (N-methyl/N-ethyl adjacent to an activating group) is 1. The molecule has 0 aliphatic rings. The number of carbonyl (C=O) groups is 2. The third kappa shape index (κ3) is 7.38. The number of aromatic nitrogens is 1. The average molecular weight is 439 g/mol. The van der Waals surface area contributed by atoms with Gasteiger partial charge in [-0.15, -0.1) is 11.8 Å². The Kier molecular flexibility index (Phi) is 9.50. The minimum Gasteiger partial charge on any atom is -0.360 e. The fourth-order valence-electron chi connectivity index (χ4n) is 2.95. The molecule has 0 radical (unpaired) electrons. The first kappa shape index (κ1) is 23.3. The molecule has 2 rings (SSSR count). The molecule has 0 bridgehead atoms. The van der Waals surface area contributed by atoms with Crippen molar-refractivity contribution in [3.63, 3.8) is 0 Å². The fourth-order valence-corrected chi connectivity index (χ4v) is 3.86. The fraction of sp³-hybridized carbons (Fsp3) is 0.450. The highest BCUT2D eigenvalue weighted by Gasteiger charge is 2.21. The monoisotopic (exact) mass is 438 g/mol. The molecule has 0 aliphatic heterocycles. The van der Waals surface area contributed by atoms with Gasteiger partial charge in [-0.1, -0.05) is 48.8 Å². The van der Waals surface area contributed by atoms with Gasteiger partial charge in [-0.3, -0.25) is 14.5 Å². The number of nitrogens with one attached hydrogen (secondary N) is 2. The average Bonchev–Trinajstić information content (AvgIpc) is 3.10. The zero-order valence-electron chi connectivity index (χ0n) is 16.9. The van der Waals surface area contributed by atoms with Crippen LogP contribution in [-0.4, -0.2) is 53.0 Å². The molecule has 158 valence electrons. The van der Waals surface area contributed by atoms with Crippen molar-refractivity contribution in [2.45, 2.75) is 26.8 Å². The molecule has 9 heteroatoms. The highest BCUT2D eigenvalue weighted by atomic mass is 35.5. The predicted molar refractivity (Wildman–Crippen MR) is 117 cm³/mol. The van der Waals surface area contributed by atoms with Gasteiger partial charge in [0.15, 0.2) is 5.82 Å². The Labute approximate surface area is 180 Å². The topological polar surface area (TPSA) is 87.5 Å². The number of hydrogen-bond acceptors (Lipinski definition) is 6. The molecule has 2 aromatic rings. The molecule has 2 N–H and O–H groups in total. The van der Waals surface area contributed by atoms with E-state index in [1.807, 2.05) is 24.3 Å². The Balaban J connectivity index is 1.82. The predicted octanol–water partition coefficient (Wildman–Crippen LogP) is 3.51. The highest BCUT2D eigenvalue weighted by Crippen LogP contribution is 2.27. The minimum atomic E-state index is -0.229. The van der Waals surface area contributed by atoms with Crippen LogP contribution in [-0.2, 0) is 9.59 Å². The Morgan fingerprint density at radius 1 is 1.21 bits per heavy atom. The van der Waals surface area contributed by atoms with Crippen molar-refractivity contribution >= 4 is 41.0 Å². The Morgan fingerprint density at radius 3 is 2.52 bits per heavy atom. The summed E-state index contributed by atoms with van der Waals surface area (Å²) in [4.78, 5) is 26.4. The lowest BCUT2D eigenvalue weighted by Gasteiger charge is -2.30. The van der Waals surface area contributed by atoms with Gasteiger partial charge in [-0.05, 0) is 31.6 Å². The second-order valence-corrected chi connectivity index (χ2v) is 7.82. The van der Waals surface area contributed by atoms with Crippen molar-refractivity contribution in [1.82, 2.24) is 15.4 Å². The largest absolute Gasteiger partial charge is 0.360 e. The maximum absolute atomic E-state index is 12.3. The summed E-state index contributed by atoms with van der Waals surface area (Å²) in [5.41, 5.74) is 0.994. The second-order valence-electron chi connectivity index (χ2n) is 6.43. The normalized spacial score (nSPS) is 12.0. The molecular formula is C20H27ClN4O3S. The summed E-state index contributed by atoms with van der Waals surface area (Å²) in [7, 11) is 0. The van der Waals surface area contributed by atoms with Gasteiger partial charge >= 0.3 is 0 Å².